The Morgan fingerprint density at radius 3 is 0.696 bits per heavy atom. The molecule has 15 rings (SSSR count). The zero-order valence-electron chi connectivity index (χ0n) is 75.7. The third-order valence-corrected chi connectivity index (χ3v) is 21.6. The number of hydrogen-bond donors (Lipinski definition) is 4. The van der Waals surface area contributed by atoms with Crippen molar-refractivity contribution in [3.63, 3.8) is 0 Å². The van der Waals surface area contributed by atoms with Crippen LogP contribution in [-0.4, -0.2) is 99.6 Å². The SMILES string of the molecule is CC(=O)COc1ccc(/C(=C(/CCCl)c2ccccc2)c2ccccc2)cc1.II.I[I-]I.O=C(CCCl)c1ccccc1.O=C(O)COc1ccc(/C(=C(/CCCl)c2ccccc2)c2ccccc2)cc1.O=C(c1ccccc1)c1ccc(O)cc1.OCCOc1ccc(/C(=C(/CCCl)c2ccccc2)c2ccccc2)cc1.Oc1ccc(/C(=C(/CCCl)c2ccccc2)c2ccccc2)cc1. The number of aromatic hydroxyl groups is 2. The molecule has 15 aromatic rings. The number of carbonyl (C=O) groups is 4. The maximum Gasteiger partial charge on any atom is 0.341 e. The average molecular weight is 2500 g/mol. The number of Topliss-reactive ketones (excluding diaryl/α,β-unsaturated/α-hetero) is 2. The third-order valence-electron chi connectivity index (χ3n) is 20.7. The van der Waals surface area contributed by atoms with E-state index in [0.717, 1.165) is 104 Å². The molecule has 0 fully saturated rings. The monoisotopic (exact) mass is 2500 g/mol. The fraction of sp³-hybridized carbons (Fsp3) is 0.128. The van der Waals surface area contributed by atoms with Crippen LogP contribution >= 0.6 is 132 Å². The van der Waals surface area contributed by atoms with Gasteiger partial charge in [-0.2, -0.15) is 0 Å². The van der Waals surface area contributed by atoms with Gasteiger partial charge in [-0.25, -0.2) is 4.79 Å². The Morgan fingerprint density at radius 1 is 0.268 bits per heavy atom. The molecule has 15 aromatic carbocycles. The molecule has 0 aliphatic rings. The van der Waals surface area contributed by atoms with E-state index in [0.29, 0.717) is 78.3 Å². The van der Waals surface area contributed by atoms with Crippen LogP contribution in [0.2, 0.25) is 0 Å². The molecule has 4 N–H and O–H groups in total. The molecule has 0 aliphatic heterocycles. The minimum Gasteiger partial charge on any atom is -0.508 e. The normalized spacial score (nSPS) is 11.1. The minimum atomic E-state index is -0.998. The van der Waals surface area contributed by atoms with Gasteiger partial charge in [0.15, 0.2) is 24.0 Å². The summed E-state index contributed by atoms with van der Waals surface area (Å²) < 4.78 is 16.3. The summed E-state index contributed by atoms with van der Waals surface area (Å²) in [7, 11) is 0. The van der Waals surface area contributed by atoms with Crippen molar-refractivity contribution >= 4 is 200 Å². The molecule has 138 heavy (non-hydrogen) atoms. The standard InChI is InChI=1S/C25H23ClO2.C24H21ClO3.C24H23ClO2.C22H19ClO.C13H10O2.C9H9ClO.I3.I2/c1-19(27)18-28-23-14-12-22(13-15-23)25(21-10-6-3-7-11-21)24(16-17-26)20-8-4-2-5-9-20;25-16-15-22(18-7-3-1-4-8-18)24(19-9-5-2-6-10-19)20-11-13-21(14-12-20)28-17-23(26)27;25-16-15-23(19-7-3-1-4-8-19)24(20-9-5-2-6-10-20)21-11-13-22(14-12-21)27-18-17-26;23-16-15-21(17-7-3-1-4-8-17)22(18-9-5-2-6-10-18)19-11-13-20(24)14-12-19;14-12-8-6-11(7-9-12)13(15)10-4-2-1-3-5-10;10-7-6-9(11)8-4-2-1-3-5-8;1-3-2;1-2/h2-15H,16-18H2,1H3;1-14H,15-17H2,(H,26,27);1-14,26H,15-18H2;1-14,24H,15-16H2;1-9,14H;1-5H,6-7H2;;/q;;;;;;-1;/b25-24-;24-22-;24-23-;22-21-;;;;. The van der Waals surface area contributed by atoms with Crippen LogP contribution in [0.15, 0.2) is 425 Å². The van der Waals surface area contributed by atoms with E-state index in [1.165, 1.54) is 63.6 Å². The van der Waals surface area contributed by atoms with Gasteiger partial charge < -0.3 is 34.6 Å². The van der Waals surface area contributed by atoms with Crippen LogP contribution in [0.4, 0.5) is 0 Å². The number of hydrogen-bond acceptors (Lipinski definition) is 10. The molecule has 0 radical (unpaired) electrons. The van der Waals surface area contributed by atoms with Gasteiger partial charge in [0.2, 0.25) is 0 Å². The summed E-state index contributed by atoms with van der Waals surface area (Å²) in [6.07, 6.45) is 3.46. The van der Waals surface area contributed by atoms with Gasteiger partial charge >= 0.3 is 56.5 Å². The number of aliphatic hydroxyl groups is 1. The van der Waals surface area contributed by atoms with E-state index in [1.54, 1.807) is 60.7 Å². The van der Waals surface area contributed by atoms with Gasteiger partial charge in [0, 0.05) is 89.7 Å². The number of phenols is 2. The predicted molar refractivity (Wildman–Crippen MR) is 606 cm³/mol. The minimum absolute atomic E-state index is 0.00224. The largest absolute Gasteiger partial charge is 0.508 e. The molecule has 0 heterocycles. The second-order valence-electron chi connectivity index (χ2n) is 30.0. The summed E-state index contributed by atoms with van der Waals surface area (Å²) in [5, 5.41) is 36.4. The van der Waals surface area contributed by atoms with Crippen LogP contribution in [0.5, 0.6) is 28.7 Å². The number of carboxylic acids is 1. The van der Waals surface area contributed by atoms with Gasteiger partial charge in [-0.3, -0.25) is 14.4 Å². The molecule has 0 spiro atoms. The molecule has 0 aliphatic carbocycles. The summed E-state index contributed by atoms with van der Waals surface area (Å²) in [5.41, 5.74) is 24.9. The van der Waals surface area contributed by atoms with Crippen molar-refractivity contribution in [2.24, 2.45) is 0 Å². The van der Waals surface area contributed by atoms with E-state index in [9.17, 15) is 24.3 Å². The van der Waals surface area contributed by atoms with Crippen molar-refractivity contribution in [2.45, 2.75) is 39.0 Å². The van der Waals surface area contributed by atoms with E-state index >= 15 is 0 Å². The first-order valence-corrected chi connectivity index (χ1v) is 65.5. The zero-order chi connectivity index (χ0) is 98.7. The van der Waals surface area contributed by atoms with Gasteiger partial charge in [-0.15, -0.1) is 58.0 Å². The van der Waals surface area contributed by atoms with Crippen molar-refractivity contribution < 1.29 is 67.1 Å². The van der Waals surface area contributed by atoms with E-state index in [2.05, 4.69) is 208 Å². The van der Waals surface area contributed by atoms with E-state index in [4.69, 9.17) is 87.5 Å². The zero-order valence-corrected chi connectivity index (χ0v) is 90.3. The molecule has 0 saturated heterocycles. The van der Waals surface area contributed by atoms with Crippen molar-refractivity contribution in [1.82, 2.24) is 0 Å². The fourth-order valence-corrected chi connectivity index (χ4v) is 15.5. The molecule has 0 bridgehead atoms. The summed E-state index contributed by atoms with van der Waals surface area (Å²) in [4.78, 5) is 44.9. The van der Waals surface area contributed by atoms with Gasteiger partial charge in [-0.1, -0.05) is 352 Å². The number of aliphatic carboxylic acids is 1. The Kier molecular flexibility index (Phi) is 54.4. The summed E-state index contributed by atoms with van der Waals surface area (Å²) in [6.45, 7) is 1.54. The summed E-state index contributed by atoms with van der Waals surface area (Å²) >= 11 is 39.6. The van der Waals surface area contributed by atoms with Crippen molar-refractivity contribution in [3.8, 4) is 28.7 Å². The smallest absolute Gasteiger partial charge is 0.341 e. The van der Waals surface area contributed by atoms with Crippen LogP contribution < -0.4 is 27.5 Å². The number of rotatable bonds is 34. The second-order valence-corrected chi connectivity index (χ2v) is 48.1. The molecule has 11 nitrogen and oxygen atoms in total. The number of alkyl halides is 5. The topological polar surface area (TPSA) is 177 Å². The maximum absolute atomic E-state index is 11.9. The Labute approximate surface area is 889 Å². The Morgan fingerprint density at radius 2 is 0.464 bits per heavy atom. The van der Waals surface area contributed by atoms with Crippen molar-refractivity contribution in [2.75, 3.05) is 55.8 Å². The van der Waals surface area contributed by atoms with Gasteiger partial charge in [-0.05, 0) is 217 Å². The molecular weight excluding hydrogens is 2390 g/mol. The first-order valence-electron chi connectivity index (χ1n) is 44.0. The van der Waals surface area contributed by atoms with Crippen molar-refractivity contribution in [1.29, 1.82) is 0 Å². The number of ketones is 3. The Hall–Kier alpha value is -10.2. The Bertz CT molecular complexity index is 6010. The molecule has 0 aromatic heterocycles. The quantitative estimate of drug-likeness (QED) is 0.0131. The van der Waals surface area contributed by atoms with E-state index in [-0.39, 0.29) is 48.7 Å². The van der Waals surface area contributed by atoms with Crippen LogP contribution in [0, 0.1) is 0 Å². The van der Waals surface area contributed by atoms with E-state index in [1.807, 2.05) is 218 Å². The molecule has 0 saturated carbocycles. The van der Waals surface area contributed by atoms with Crippen LogP contribution in [0.1, 0.15) is 132 Å². The second kappa shape index (κ2) is 66.4. The van der Waals surface area contributed by atoms with Gasteiger partial charge in [0.1, 0.15) is 42.0 Å². The fourth-order valence-electron chi connectivity index (χ4n) is 14.6. The van der Waals surface area contributed by atoms with Crippen LogP contribution in [0.3, 0.4) is 0 Å². The van der Waals surface area contributed by atoms with Crippen molar-refractivity contribution in [3.05, 3.63) is 508 Å². The Balaban J connectivity index is 0.000000205. The molecular formula is C117H105Cl5I5O11-. The first-order chi connectivity index (χ1) is 67.5. The third kappa shape index (κ3) is 38.8. The number of phenolic OH excluding ortho intramolecular Hbond substituents is 2. The van der Waals surface area contributed by atoms with Crippen LogP contribution in [-0.2, 0) is 9.59 Å². The molecule has 0 amide bonds. The number of benzene rings is 15. The van der Waals surface area contributed by atoms with Gasteiger partial charge in [0.05, 0.1) is 6.61 Å². The predicted octanol–water partition coefficient (Wildman–Crippen LogP) is 29.3. The maximum atomic E-state index is 11.9. The number of allylic oxidation sites excluding steroid dienone is 4. The summed E-state index contributed by atoms with van der Waals surface area (Å²) in [6, 6.07) is 138. The van der Waals surface area contributed by atoms with Crippen LogP contribution in [0.25, 0.3) is 44.6 Å². The number of carboxylic acid groups (broad SMARTS) is 1. The number of ether oxygens (including phenoxy) is 3. The number of halogens is 10. The molecule has 710 valence electrons. The average Bonchev–Trinajstić information content (AvgIpc) is 0.820. The molecule has 21 heteroatoms. The summed E-state index contributed by atoms with van der Waals surface area (Å²) in [5.74, 6) is 4.04. The number of carbonyl (C=O) groups excluding carboxylic acids is 3. The first kappa shape index (κ1) is 113. The van der Waals surface area contributed by atoms with Gasteiger partial charge in [0.25, 0.3) is 0 Å². The number of aliphatic hydroxyl groups excluding tert-OH is 1. The molecule has 0 atom stereocenters. The molecule has 0 unspecified atom stereocenters. The van der Waals surface area contributed by atoms with E-state index < -0.39 is 5.97 Å².